The third-order valence-electron chi connectivity index (χ3n) is 4.23. The number of aliphatic hydroxyl groups is 1. The van der Waals surface area contributed by atoms with Gasteiger partial charge in [0, 0.05) is 27.4 Å². The zero-order valence-corrected chi connectivity index (χ0v) is 16.2. The van der Waals surface area contributed by atoms with Crippen molar-refractivity contribution in [2.75, 3.05) is 5.73 Å². The number of aliphatic hydroxyl groups excluding tert-OH is 1. The molecule has 0 saturated carbocycles. The minimum Gasteiger partial charge on any atom is -0.396 e. The Bertz CT molecular complexity index is 1180. The molecule has 11 heteroatoms. The fourth-order valence-corrected chi connectivity index (χ4v) is 3.12. The van der Waals surface area contributed by atoms with Crippen molar-refractivity contribution in [2.24, 2.45) is 26.1 Å². The van der Waals surface area contributed by atoms with Gasteiger partial charge < -0.3 is 15.4 Å². The summed E-state index contributed by atoms with van der Waals surface area (Å²) in [6.07, 6.45) is 0.0918. The molecule has 1 unspecified atom stereocenters. The van der Waals surface area contributed by atoms with E-state index in [9.17, 15) is 14.7 Å². The van der Waals surface area contributed by atoms with E-state index in [0.29, 0.717) is 5.56 Å². The topological polar surface area (TPSA) is 120 Å². The maximum atomic E-state index is 12.3. The minimum absolute atomic E-state index is 0.148. The molecule has 0 saturated heterocycles. The van der Waals surface area contributed by atoms with Crippen molar-refractivity contribution in [1.29, 1.82) is 0 Å². The zero-order valence-electron chi connectivity index (χ0n) is 14.6. The van der Waals surface area contributed by atoms with Crippen LogP contribution in [0.5, 0.6) is 0 Å². The average Bonchev–Trinajstić information content (AvgIpc) is 2.96. The number of anilines is 1. The molecule has 0 spiro atoms. The molecule has 3 N–H and O–H groups in total. The standard InChI is InChI=1S/C16H16Cl2N6O3/c1-22-12-13(23(2)16(27)24(3)14(12)26)21-15(22)20-6-10(25)7-4-8(17)11(19)9(18)5-7/h4-6,10,25H,19H2,1-3H3. The number of benzene rings is 1. The van der Waals surface area contributed by atoms with Crippen LogP contribution in [0.3, 0.4) is 0 Å². The van der Waals surface area contributed by atoms with Crippen molar-refractivity contribution in [3.63, 3.8) is 0 Å². The Morgan fingerprint density at radius 3 is 2.33 bits per heavy atom. The highest BCUT2D eigenvalue weighted by atomic mass is 35.5. The fourth-order valence-electron chi connectivity index (χ4n) is 2.62. The van der Waals surface area contributed by atoms with Gasteiger partial charge in [0.25, 0.3) is 5.56 Å². The fraction of sp³-hybridized carbons (Fsp3) is 0.250. The van der Waals surface area contributed by atoms with Gasteiger partial charge in [0.1, 0.15) is 6.10 Å². The first kappa shape index (κ1) is 19.2. The summed E-state index contributed by atoms with van der Waals surface area (Å²) in [7, 11) is 4.49. The number of hydrogen-bond donors (Lipinski definition) is 2. The normalized spacial score (nSPS) is 13.0. The van der Waals surface area contributed by atoms with Crippen LogP contribution in [0.4, 0.5) is 11.6 Å². The van der Waals surface area contributed by atoms with E-state index in [4.69, 9.17) is 28.9 Å². The van der Waals surface area contributed by atoms with Crippen LogP contribution in [0.2, 0.25) is 10.0 Å². The smallest absolute Gasteiger partial charge is 0.332 e. The van der Waals surface area contributed by atoms with Gasteiger partial charge in [-0.15, -0.1) is 0 Å². The van der Waals surface area contributed by atoms with Gasteiger partial charge in [-0.1, -0.05) is 23.2 Å². The van der Waals surface area contributed by atoms with Crippen molar-refractivity contribution < 1.29 is 5.11 Å². The summed E-state index contributed by atoms with van der Waals surface area (Å²) in [6, 6.07) is 2.96. The Labute approximate surface area is 162 Å². The molecule has 0 aliphatic rings. The lowest BCUT2D eigenvalue weighted by Crippen LogP contribution is -2.37. The quantitative estimate of drug-likeness (QED) is 0.497. The van der Waals surface area contributed by atoms with Crippen LogP contribution < -0.4 is 17.0 Å². The molecule has 1 aromatic carbocycles. The van der Waals surface area contributed by atoms with E-state index in [1.165, 1.54) is 41.6 Å². The molecule has 27 heavy (non-hydrogen) atoms. The average molecular weight is 411 g/mol. The Kier molecular flexibility index (Phi) is 4.85. The summed E-state index contributed by atoms with van der Waals surface area (Å²) in [5.41, 5.74) is 5.74. The number of aryl methyl sites for hydroxylation is 2. The lowest BCUT2D eigenvalue weighted by atomic mass is 10.1. The molecular formula is C16H16Cl2N6O3. The molecule has 0 fully saturated rings. The lowest BCUT2D eigenvalue weighted by molar-refractivity contribution is 0.252. The predicted octanol–water partition coefficient (Wildman–Crippen LogP) is 1.30. The largest absolute Gasteiger partial charge is 0.396 e. The molecular weight excluding hydrogens is 395 g/mol. The van der Waals surface area contributed by atoms with E-state index in [-0.39, 0.29) is 32.8 Å². The molecule has 0 radical (unpaired) electrons. The molecule has 3 rings (SSSR count). The molecule has 0 aliphatic carbocycles. The van der Waals surface area contributed by atoms with Crippen LogP contribution in [-0.4, -0.2) is 30.0 Å². The zero-order chi connectivity index (χ0) is 20.0. The SMILES string of the molecule is Cn1c(=O)c2c(nc(N=CC(O)c3cc(Cl)c(N)c(Cl)c3)n2C)n(C)c1=O. The van der Waals surface area contributed by atoms with Gasteiger partial charge in [-0.25, -0.2) is 9.79 Å². The Hall–Kier alpha value is -2.62. The molecule has 2 aromatic heterocycles. The molecule has 2 heterocycles. The molecule has 1 atom stereocenters. The number of halogens is 2. The van der Waals surface area contributed by atoms with Gasteiger partial charge in [0.15, 0.2) is 11.2 Å². The number of imidazole rings is 1. The van der Waals surface area contributed by atoms with E-state index < -0.39 is 17.4 Å². The summed E-state index contributed by atoms with van der Waals surface area (Å²) < 4.78 is 3.69. The highest BCUT2D eigenvalue weighted by molar-refractivity contribution is 6.38. The van der Waals surface area contributed by atoms with Gasteiger partial charge in [0.2, 0.25) is 5.95 Å². The van der Waals surface area contributed by atoms with Crippen LogP contribution >= 0.6 is 23.2 Å². The number of nitrogens with zero attached hydrogens (tertiary/aromatic N) is 5. The summed E-state index contributed by atoms with van der Waals surface area (Å²) in [5, 5.41) is 10.7. The number of fused-ring (bicyclic) bond motifs is 1. The van der Waals surface area contributed by atoms with Crippen LogP contribution in [0.25, 0.3) is 11.2 Å². The second kappa shape index (κ2) is 6.84. The Morgan fingerprint density at radius 1 is 1.15 bits per heavy atom. The first-order valence-corrected chi connectivity index (χ1v) is 8.48. The summed E-state index contributed by atoms with van der Waals surface area (Å²) in [6.45, 7) is 0. The number of nitrogen functional groups attached to an aromatic ring is 1. The van der Waals surface area contributed by atoms with E-state index in [0.717, 1.165) is 4.57 Å². The minimum atomic E-state index is -1.13. The second-order valence-corrected chi connectivity index (χ2v) is 6.78. The lowest BCUT2D eigenvalue weighted by Gasteiger charge is -2.09. The second-order valence-electron chi connectivity index (χ2n) is 5.97. The van der Waals surface area contributed by atoms with E-state index in [1.807, 2.05) is 0 Å². The summed E-state index contributed by atoms with van der Waals surface area (Å²) in [4.78, 5) is 32.7. The Balaban J connectivity index is 2.06. The number of rotatable bonds is 3. The van der Waals surface area contributed by atoms with Gasteiger partial charge >= 0.3 is 5.69 Å². The highest BCUT2D eigenvalue weighted by Crippen LogP contribution is 2.31. The van der Waals surface area contributed by atoms with Crippen LogP contribution in [-0.2, 0) is 21.1 Å². The summed E-state index contributed by atoms with van der Waals surface area (Å²) >= 11 is 11.9. The van der Waals surface area contributed by atoms with Crippen molar-refractivity contribution in [2.45, 2.75) is 6.10 Å². The third kappa shape index (κ3) is 3.14. The van der Waals surface area contributed by atoms with Gasteiger partial charge in [-0.3, -0.25) is 13.9 Å². The maximum absolute atomic E-state index is 12.3. The van der Waals surface area contributed by atoms with Crippen molar-refractivity contribution >= 4 is 52.2 Å². The monoisotopic (exact) mass is 410 g/mol. The van der Waals surface area contributed by atoms with Crippen LogP contribution in [0, 0.1) is 0 Å². The molecule has 3 aromatic rings. The van der Waals surface area contributed by atoms with Crippen molar-refractivity contribution in [3.05, 3.63) is 48.6 Å². The first-order valence-electron chi connectivity index (χ1n) is 7.72. The molecule has 0 amide bonds. The third-order valence-corrected chi connectivity index (χ3v) is 4.85. The molecule has 142 valence electrons. The number of aliphatic imine (C=N–C) groups is 1. The number of hydrogen-bond acceptors (Lipinski definition) is 6. The number of aromatic nitrogens is 4. The van der Waals surface area contributed by atoms with E-state index >= 15 is 0 Å². The summed E-state index contributed by atoms with van der Waals surface area (Å²) in [5.74, 6) is 0.148. The van der Waals surface area contributed by atoms with Gasteiger partial charge in [0.05, 0.1) is 15.7 Å². The van der Waals surface area contributed by atoms with E-state index in [2.05, 4.69) is 9.98 Å². The van der Waals surface area contributed by atoms with Crippen LogP contribution in [0.15, 0.2) is 26.7 Å². The molecule has 0 bridgehead atoms. The Morgan fingerprint density at radius 2 is 1.74 bits per heavy atom. The van der Waals surface area contributed by atoms with Crippen LogP contribution in [0.1, 0.15) is 11.7 Å². The predicted molar refractivity (Wildman–Crippen MR) is 105 cm³/mol. The van der Waals surface area contributed by atoms with Gasteiger partial charge in [-0.2, -0.15) is 4.98 Å². The van der Waals surface area contributed by atoms with Gasteiger partial charge in [-0.05, 0) is 17.7 Å². The first-order chi connectivity index (χ1) is 12.6. The highest BCUT2D eigenvalue weighted by Gasteiger charge is 2.17. The molecule has 0 aliphatic heterocycles. The van der Waals surface area contributed by atoms with Crippen molar-refractivity contribution in [3.8, 4) is 0 Å². The molecule has 9 nitrogen and oxygen atoms in total. The maximum Gasteiger partial charge on any atom is 0.332 e. The van der Waals surface area contributed by atoms with E-state index in [1.54, 1.807) is 7.05 Å². The van der Waals surface area contributed by atoms with Crippen molar-refractivity contribution in [1.82, 2.24) is 18.7 Å². The number of nitrogens with two attached hydrogens (primary N) is 1.